The van der Waals surface area contributed by atoms with Crippen LogP contribution in [-0.2, 0) is 7.05 Å². The van der Waals surface area contributed by atoms with Gasteiger partial charge in [-0.15, -0.1) is 0 Å². The molecule has 5 heteroatoms. The molecule has 0 aliphatic carbocycles. The SMILES string of the molecule is Cn1cnc2c(=O)[nH]c(Cl)cc21. The number of nitrogens with zero attached hydrogens (tertiary/aromatic N) is 2. The molecule has 0 saturated carbocycles. The molecule has 4 nitrogen and oxygen atoms in total. The number of hydrogen-bond donors (Lipinski definition) is 1. The molecule has 12 heavy (non-hydrogen) atoms. The standard InChI is InChI=1S/C7H6ClN3O/c1-11-3-9-6-4(11)2-5(8)10-7(6)12/h2-3H,1H3,(H,10,12). The van der Waals surface area contributed by atoms with E-state index in [1.807, 2.05) is 7.05 Å². The van der Waals surface area contributed by atoms with Crippen LogP contribution in [0.25, 0.3) is 11.0 Å². The van der Waals surface area contributed by atoms with Crippen LogP contribution in [0.1, 0.15) is 0 Å². The first kappa shape index (κ1) is 7.36. The van der Waals surface area contributed by atoms with Crippen molar-refractivity contribution in [3.05, 3.63) is 27.9 Å². The quantitative estimate of drug-likeness (QED) is 0.618. The molecule has 0 atom stereocenters. The lowest BCUT2D eigenvalue weighted by molar-refractivity contribution is 0.947. The van der Waals surface area contributed by atoms with Crippen molar-refractivity contribution >= 4 is 22.6 Å². The fourth-order valence-corrected chi connectivity index (χ4v) is 1.30. The summed E-state index contributed by atoms with van der Waals surface area (Å²) in [6.07, 6.45) is 1.58. The number of rotatable bonds is 0. The van der Waals surface area contributed by atoms with E-state index >= 15 is 0 Å². The van der Waals surface area contributed by atoms with E-state index in [1.54, 1.807) is 17.0 Å². The Balaban J connectivity index is 3.03. The highest BCUT2D eigenvalue weighted by Gasteiger charge is 2.04. The summed E-state index contributed by atoms with van der Waals surface area (Å²) in [5.41, 5.74) is 0.906. The molecule has 0 radical (unpaired) electrons. The van der Waals surface area contributed by atoms with E-state index < -0.39 is 0 Å². The number of nitrogens with one attached hydrogen (secondary N) is 1. The minimum Gasteiger partial charge on any atom is -0.333 e. The Kier molecular flexibility index (Phi) is 1.44. The van der Waals surface area contributed by atoms with E-state index in [9.17, 15) is 4.79 Å². The van der Waals surface area contributed by atoms with Gasteiger partial charge in [0.25, 0.3) is 5.56 Å². The van der Waals surface area contributed by atoms with E-state index in [0.717, 1.165) is 5.52 Å². The van der Waals surface area contributed by atoms with Crippen molar-refractivity contribution in [2.24, 2.45) is 7.05 Å². The van der Waals surface area contributed by atoms with Crippen molar-refractivity contribution in [1.29, 1.82) is 0 Å². The Hall–Kier alpha value is -1.29. The van der Waals surface area contributed by atoms with E-state index in [1.165, 1.54) is 0 Å². The number of hydrogen-bond acceptors (Lipinski definition) is 2. The number of aromatic amines is 1. The second-order valence-corrected chi connectivity index (χ2v) is 2.94. The number of aromatic nitrogens is 3. The van der Waals surface area contributed by atoms with Crippen molar-refractivity contribution in [1.82, 2.24) is 14.5 Å². The smallest absolute Gasteiger partial charge is 0.277 e. The Bertz CT molecular complexity index is 485. The fourth-order valence-electron chi connectivity index (χ4n) is 1.11. The van der Waals surface area contributed by atoms with Crippen molar-refractivity contribution in [3.8, 4) is 0 Å². The summed E-state index contributed by atoms with van der Waals surface area (Å²) in [5, 5.41) is 0.330. The summed E-state index contributed by atoms with van der Waals surface area (Å²) in [6.45, 7) is 0. The first-order valence-electron chi connectivity index (χ1n) is 3.38. The number of aryl methyl sites for hydroxylation is 1. The molecule has 2 aromatic heterocycles. The monoisotopic (exact) mass is 183 g/mol. The zero-order valence-electron chi connectivity index (χ0n) is 6.34. The predicted octanol–water partition coefficient (Wildman–Crippen LogP) is 0.915. The highest BCUT2D eigenvalue weighted by Crippen LogP contribution is 2.10. The molecule has 0 unspecified atom stereocenters. The zero-order valence-corrected chi connectivity index (χ0v) is 7.09. The molecule has 0 aliphatic rings. The van der Waals surface area contributed by atoms with Gasteiger partial charge in [0, 0.05) is 7.05 Å². The van der Waals surface area contributed by atoms with E-state index in [-0.39, 0.29) is 5.56 Å². The third kappa shape index (κ3) is 0.921. The second-order valence-electron chi connectivity index (χ2n) is 2.54. The van der Waals surface area contributed by atoms with Crippen LogP contribution in [-0.4, -0.2) is 14.5 Å². The number of pyridine rings is 1. The summed E-state index contributed by atoms with van der Waals surface area (Å²) in [5.74, 6) is 0. The van der Waals surface area contributed by atoms with Gasteiger partial charge in [-0.3, -0.25) is 4.79 Å². The van der Waals surface area contributed by atoms with Crippen molar-refractivity contribution in [2.75, 3.05) is 0 Å². The molecule has 0 bridgehead atoms. The third-order valence-corrected chi connectivity index (χ3v) is 1.90. The van der Waals surface area contributed by atoms with Gasteiger partial charge in [-0.1, -0.05) is 11.6 Å². The molecule has 0 fully saturated rings. The molecular formula is C7H6ClN3O. The summed E-state index contributed by atoms with van der Waals surface area (Å²) in [6, 6.07) is 1.67. The zero-order chi connectivity index (χ0) is 8.72. The minimum absolute atomic E-state index is 0.252. The van der Waals surface area contributed by atoms with Gasteiger partial charge >= 0.3 is 0 Å². The summed E-state index contributed by atoms with van der Waals surface area (Å²) in [4.78, 5) is 17.6. The lowest BCUT2D eigenvalue weighted by atomic mass is 10.4. The normalized spacial score (nSPS) is 10.8. The molecule has 62 valence electrons. The molecule has 2 rings (SSSR count). The lowest BCUT2D eigenvalue weighted by Crippen LogP contribution is -2.05. The third-order valence-electron chi connectivity index (χ3n) is 1.69. The minimum atomic E-state index is -0.252. The van der Waals surface area contributed by atoms with Crippen molar-refractivity contribution in [3.63, 3.8) is 0 Å². The summed E-state index contributed by atoms with van der Waals surface area (Å²) >= 11 is 5.66. The first-order chi connectivity index (χ1) is 5.68. The highest BCUT2D eigenvalue weighted by atomic mass is 35.5. The van der Waals surface area contributed by atoms with Gasteiger partial charge in [-0.25, -0.2) is 4.98 Å². The van der Waals surface area contributed by atoms with Crippen LogP contribution >= 0.6 is 11.6 Å². The highest BCUT2D eigenvalue weighted by molar-refractivity contribution is 6.29. The molecule has 0 amide bonds. The van der Waals surface area contributed by atoms with Crippen LogP contribution in [0.2, 0.25) is 5.15 Å². The van der Waals surface area contributed by atoms with Gasteiger partial charge in [-0.05, 0) is 6.07 Å². The van der Waals surface area contributed by atoms with E-state index in [4.69, 9.17) is 11.6 Å². The summed E-state index contributed by atoms with van der Waals surface area (Å²) < 4.78 is 1.75. The number of halogens is 1. The van der Waals surface area contributed by atoms with Crippen LogP contribution in [0.5, 0.6) is 0 Å². The molecule has 0 saturated heterocycles. The van der Waals surface area contributed by atoms with Crippen LogP contribution in [0.3, 0.4) is 0 Å². The summed E-state index contributed by atoms with van der Waals surface area (Å²) in [7, 11) is 1.81. The van der Waals surface area contributed by atoms with Crippen molar-refractivity contribution in [2.45, 2.75) is 0 Å². The average Bonchev–Trinajstić information content (AvgIpc) is 2.33. The Labute approximate surface area is 72.8 Å². The van der Waals surface area contributed by atoms with Gasteiger partial charge in [0.2, 0.25) is 0 Å². The van der Waals surface area contributed by atoms with E-state index in [2.05, 4.69) is 9.97 Å². The Morgan fingerprint density at radius 3 is 3.17 bits per heavy atom. The maximum absolute atomic E-state index is 11.2. The molecule has 2 aromatic rings. The van der Waals surface area contributed by atoms with Crippen LogP contribution in [0.4, 0.5) is 0 Å². The van der Waals surface area contributed by atoms with Gasteiger partial charge < -0.3 is 9.55 Å². The average molecular weight is 184 g/mol. The molecular weight excluding hydrogens is 178 g/mol. The van der Waals surface area contributed by atoms with Crippen LogP contribution in [0.15, 0.2) is 17.2 Å². The first-order valence-corrected chi connectivity index (χ1v) is 3.76. The fraction of sp³-hybridized carbons (Fsp3) is 0.143. The van der Waals surface area contributed by atoms with Gasteiger partial charge in [0.05, 0.1) is 11.8 Å². The number of fused-ring (bicyclic) bond motifs is 1. The number of imidazole rings is 1. The van der Waals surface area contributed by atoms with Crippen molar-refractivity contribution < 1.29 is 0 Å². The lowest BCUT2D eigenvalue weighted by Gasteiger charge is -1.93. The number of H-pyrrole nitrogens is 1. The topological polar surface area (TPSA) is 50.7 Å². The van der Waals surface area contributed by atoms with Gasteiger partial charge in [0.15, 0.2) is 5.52 Å². The van der Waals surface area contributed by atoms with Crippen LogP contribution < -0.4 is 5.56 Å². The molecule has 0 spiro atoms. The molecule has 2 heterocycles. The largest absolute Gasteiger partial charge is 0.333 e. The van der Waals surface area contributed by atoms with Crippen LogP contribution in [0, 0.1) is 0 Å². The maximum atomic E-state index is 11.2. The Morgan fingerprint density at radius 2 is 2.42 bits per heavy atom. The Morgan fingerprint density at radius 1 is 1.67 bits per heavy atom. The molecule has 0 aliphatic heterocycles. The van der Waals surface area contributed by atoms with E-state index in [0.29, 0.717) is 10.7 Å². The predicted molar refractivity (Wildman–Crippen MR) is 46.3 cm³/mol. The van der Waals surface area contributed by atoms with Gasteiger partial charge in [-0.2, -0.15) is 0 Å². The maximum Gasteiger partial charge on any atom is 0.277 e. The van der Waals surface area contributed by atoms with Gasteiger partial charge in [0.1, 0.15) is 5.15 Å². The second kappa shape index (κ2) is 2.35. The molecule has 0 aromatic carbocycles. The molecule has 1 N–H and O–H groups in total.